The van der Waals surface area contributed by atoms with Crippen molar-refractivity contribution in [2.75, 3.05) is 126 Å². The van der Waals surface area contributed by atoms with E-state index in [4.69, 9.17) is 52.4 Å². The van der Waals surface area contributed by atoms with Crippen molar-refractivity contribution >= 4 is 23.2 Å². The minimum atomic E-state index is -0.502. The van der Waals surface area contributed by atoms with E-state index in [1.807, 2.05) is 84.9 Å². The number of carbonyl (C=O) groups excluding carboxylic acids is 1. The lowest BCUT2D eigenvalue weighted by molar-refractivity contribution is -0.139. The van der Waals surface area contributed by atoms with Crippen LogP contribution in [-0.2, 0) is 65.3 Å². The van der Waals surface area contributed by atoms with Gasteiger partial charge in [0.05, 0.1) is 125 Å². The molecule has 346 valence electrons. The van der Waals surface area contributed by atoms with Gasteiger partial charge in [-0.3, -0.25) is 13.9 Å². The highest BCUT2D eigenvalue weighted by atomic mass is 16.6. The molecular formula is C47H60N4O13. The van der Waals surface area contributed by atoms with Crippen molar-refractivity contribution in [3.63, 3.8) is 0 Å². The molecule has 17 nitrogen and oxygen atoms in total. The monoisotopic (exact) mass is 888 g/mol. The highest BCUT2D eigenvalue weighted by Gasteiger charge is 2.19. The van der Waals surface area contributed by atoms with E-state index in [9.17, 15) is 14.4 Å². The number of methoxy groups -OCH3 is 1. The molecular weight excluding hydrogens is 829 g/mol. The van der Waals surface area contributed by atoms with Gasteiger partial charge in [-0.15, -0.1) is 0 Å². The van der Waals surface area contributed by atoms with E-state index in [1.54, 1.807) is 13.2 Å². The molecule has 0 aliphatic carbocycles. The summed E-state index contributed by atoms with van der Waals surface area (Å²) in [5.41, 5.74) is 2.81. The minimum absolute atomic E-state index is 0.0982. The van der Waals surface area contributed by atoms with Crippen molar-refractivity contribution in [1.29, 1.82) is 0 Å². The van der Waals surface area contributed by atoms with Gasteiger partial charge >= 0.3 is 11.7 Å². The first-order valence-corrected chi connectivity index (χ1v) is 21.4. The molecule has 2 aromatic heterocycles. The van der Waals surface area contributed by atoms with Gasteiger partial charge in [0, 0.05) is 18.7 Å². The largest absolute Gasteiger partial charge is 0.460 e. The van der Waals surface area contributed by atoms with Crippen molar-refractivity contribution < 1.29 is 52.2 Å². The number of hydrogen-bond acceptors (Lipinski definition) is 14. The number of benzene rings is 3. The van der Waals surface area contributed by atoms with E-state index in [-0.39, 0.29) is 37.5 Å². The van der Waals surface area contributed by atoms with Gasteiger partial charge in [-0.25, -0.2) is 14.6 Å². The maximum Gasteiger partial charge on any atom is 0.333 e. The van der Waals surface area contributed by atoms with E-state index >= 15 is 0 Å². The normalized spacial score (nSPS) is 11.6. The SMILES string of the molecule is COCCOCCOCCOCCOCCOCCOCCOCCOCCOC(=O)C=Cc1ccc(-c2nc3c([nH]2)c(=O)n(Cc2ccccc2)c(=O)n3Cc2ccccc2)cc1. The van der Waals surface area contributed by atoms with Gasteiger partial charge in [-0.2, -0.15) is 0 Å². The quantitative estimate of drug-likeness (QED) is 0.0356. The zero-order chi connectivity index (χ0) is 44.9. The second kappa shape index (κ2) is 29.9. The van der Waals surface area contributed by atoms with Crippen LogP contribution in [0.15, 0.2) is 101 Å². The lowest BCUT2D eigenvalue weighted by Crippen LogP contribution is -2.40. The van der Waals surface area contributed by atoms with E-state index in [2.05, 4.69) is 4.98 Å². The third kappa shape index (κ3) is 18.0. The standard InChI is InChI=1S/C47H60N4O13/c1-55-18-19-56-20-21-57-22-23-58-24-25-59-26-27-60-28-29-61-30-31-62-32-33-63-34-35-64-42(52)17-14-38-12-15-41(16-13-38)44-48-43-45(49-44)50(36-39-8-4-2-5-9-39)47(54)51(46(43)53)37-40-10-6-3-7-11-40/h2-17H,18-37H2,1H3,(H,48,49). The molecule has 0 aliphatic rings. The second-order valence-electron chi connectivity index (χ2n) is 14.0. The summed E-state index contributed by atoms with van der Waals surface area (Å²) in [4.78, 5) is 47.7. The highest BCUT2D eigenvalue weighted by molar-refractivity contribution is 5.87. The van der Waals surface area contributed by atoms with Crippen LogP contribution in [-0.4, -0.2) is 151 Å². The number of nitrogens with one attached hydrogen (secondary N) is 1. The molecule has 0 aliphatic heterocycles. The minimum Gasteiger partial charge on any atom is -0.460 e. The first kappa shape index (κ1) is 49.7. The Labute approximate surface area is 372 Å². The number of esters is 1. The van der Waals surface area contributed by atoms with Crippen molar-refractivity contribution in [2.24, 2.45) is 0 Å². The molecule has 0 saturated carbocycles. The summed E-state index contributed by atoms with van der Waals surface area (Å²) in [6, 6.07) is 26.2. The molecule has 17 heteroatoms. The molecule has 0 radical (unpaired) electrons. The number of H-pyrrole nitrogens is 1. The molecule has 0 unspecified atom stereocenters. The van der Waals surface area contributed by atoms with Crippen LogP contribution in [0.3, 0.4) is 0 Å². The Kier molecular flexibility index (Phi) is 23.2. The molecule has 3 aromatic carbocycles. The number of carbonyl (C=O) groups is 1. The Bertz CT molecular complexity index is 2190. The molecule has 2 heterocycles. The number of aromatic amines is 1. The van der Waals surface area contributed by atoms with E-state index in [0.717, 1.165) is 16.7 Å². The van der Waals surface area contributed by atoms with Crippen LogP contribution in [0.1, 0.15) is 16.7 Å². The van der Waals surface area contributed by atoms with Crippen LogP contribution in [0.2, 0.25) is 0 Å². The van der Waals surface area contributed by atoms with Crippen LogP contribution in [0.5, 0.6) is 0 Å². The van der Waals surface area contributed by atoms with Crippen molar-refractivity contribution in [2.45, 2.75) is 13.1 Å². The Morgan fingerprint density at radius 3 is 1.42 bits per heavy atom. The van der Waals surface area contributed by atoms with E-state index < -0.39 is 17.2 Å². The molecule has 0 fully saturated rings. The van der Waals surface area contributed by atoms with Gasteiger partial charge in [0.1, 0.15) is 17.9 Å². The lowest BCUT2D eigenvalue weighted by Gasteiger charge is -2.11. The Hall–Kier alpha value is -5.34. The molecule has 1 N–H and O–H groups in total. The van der Waals surface area contributed by atoms with Crippen molar-refractivity contribution in [1.82, 2.24) is 19.1 Å². The van der Waals surface area contributed by atoms with Gasteiger partial charge < -0.3 is 52.4 Å². The summed E-state index contributed by atoms with van der Waals surface area (Å²) in [5.74, 6) is -0.0648. The molecule has 0 spiro atoms. The number of rotatable bonds is 34. The average molecular weight is 889 g/mol. The first-order chi connectivity index (χ1) is 31.5. The summed E-state index contributed by atoms with van der Waals surface area (Å²) in [5, 5.41) is 0. The summed E-state index contributed by atoms with van der Waals surface area (Å²) < 4.78 is 56.5. The predicted molar refractivity (Wildman–Crippen MR) is 240 cm³/mol. The first-order valence-electron chi connectivity index (χ1n) is 21.4. The zero-order valence-electron chi connectivity index (χ0n) is 36.5. The fraction of sp³-hybridized carbons (Fsp3) is 0.447. The number of imidazole rings is 1. The number of fused-ring (bicyclic) bond motifs is 1. The molecule has 64 heavy (non-hydrogen) atoms. The summed E-state index contributed by atoms with van der Waals surface area (Å²) >= 11 is 0. The third-order valence-electron chi connectivity index (χ3n) is 9.33. The molecule has 5 rings (SSSR count). The third-order valence-corrected chi connectivity index (χ3v) is 9.33. The Morgan fingerprint density at radius 1 is 0.547 bits per heavy atom. The smallest absolute Gasteiger partial charge is 0.333 e. The number of nitrogens with zero attached hydrogens (tertiary/aromatic N) is 3. The maximum absolute atomic E-state index is 13.8. The molecule has 0 atom stereocenters. The van der Waals surface area contributed by atoms with Gasteiger partial charge in [0.25, 0.3) is 5.56 Å². The second-order valence-corrected chi connectivity index (χ2v) is 14.0. The Morgan fingerprint density at radius 2 is 0.969 bits per heavy atom. The van der Waals surface area contributed by atoms with Gasteiger partial charge in [0.2, 0.25) is 0 Å². The van der Waals surface area contributed by atoms with Crippen LogP contribution >= 0.6 is 0 Å². The van der Waals surface area contributed by atoms with E-state index in [0.29, 0.717) is 117 Å². The molecule has 0 saturated heterocycles. The molecule has 0 bridgehead atoms. The topological polar surface area (TPSA) is 182 Å². The van der Waals surface area contributed by atoms with Crippen LogP contribution in [0, 0.1) is 0 Å². The number of hydrogen-bond donors (Lipinski definition) is 1. The van der Waals surface area contributed by atoms with Crippen LogP contribution in [0.25, 0.3) is 28.6 Å². The van der Waals surface area contributed by atoms with Gasteiger partial charge in [0.15, 0.2) is 5.65 Å². The fourth-order valence-electron chi connectivity index (χ4n) is 6.07. The predicted octanol–water partition coefficient (Wildman–Crippen LogP) is 3.99. The zero-order valence-corrected chi connectivity index (χ0v) is 36.5. The summed E-state index contributed by atoms with van der Waals surface area (Å²) in [6.45, 7) is 8.38. The van der Waals surface area contributed by atoms with Crippen molar-refractivity contribution in [3.8, 4) is 11.4 Å². The molecule has 5 aromatic rings. The molecule has 0 amide bonds. The van der Waals surface area contributed by atoms with Gasteiger partial charge in [-0.1, -0.05) is 84.9 Å². The maximum atomic E-state index is 13.8. The fourth-order valence-corrected chi connectivity index (χ4v) is 6.07. The lowest BCUT2D eigenvalue weighted by atomic mass is 10.1. The highest BCUT2D eigenvalue weighted by Crippen LogP contribution is 2.20. The number of ether oxygens (including phenoxy) is 10. The van der Waals surface area contributed by atoms with Gasteiger partial charge in [-0.05, 0) is 22.8 Å². The van der Waals surface area contributed by atoms with E-state index in [1.165, 1.54) is 15.2 Å². The van der Waals surface area contributed by atoms with Crippen molar-refractivity contribution in [3.05, 3.63) is 129 Å². The average Bonchev–Trinajstić information content (AvgIpc) is 3.77. The van der Waals surface area contributed by atoms with Crippen LogP contribution in [0.4, 0.5) is 0 Å². The van der Waals surface area contributed by atoms with Crippen LogP contribution < -0.4 is 11.2 Å². The Balaban J connectivity index is 0.898. The summed E-state index contributed by atoms with van der Waals surface area (Å²) in [6.07, 6.45) is 2.99. The summed E-state index contributed by atoms with van der Waals surface area (Å²) in [7, 11) is 1.64. The number of aromatic nitrogens is 4.